The van der Waals surface area contributed by atoms with Crippen molar-refractivity contribution in [3.8, 4) is 0 Å². The van der Waals surface area contributed by atoms with Crippen LogP contribution in [-0.2, 0) is 15.5 Å². The molecule has 9 heavy (non-hydrogen) atoms. The van der Waals surface area contributed by atoms with E-state index in [1.165, 1.54) is 0 Å². The van der Waals surface area contributed by atoms with Crippen LogP contribution in [0.4, 0.5) is 0 Å². The molecular formula is C4H10NO3S-. The lowest BCUT2D eigenvalue weighted by atomic mass is 10.6. The van der Waals surface area contributed by atoms with Crippen molar-refractivity contribution in [3.63, 3.8) is 0 Å². The van der Waals surface area contributed by atoms with Crippen LogP contribution in [-0.4, -0.2) is 40.9 Å². The topological polar surface area (TPSA) is 52.6 Å². The fourth-order valence-corrected chi connectivity index (χ4v) is 0.499. The summed E-state index contributed by atoms with van der Waals surface area (Å²) in [6.45, 7) is 0.844. The Morgan fingerprint density at radius 2 is 2.22 bits per heavy atom. The second-order valence-electron chi connectivity index (χ2n) is 1.83. The first-order valence-electron chi connectivity index (χ1n) is 2.50. The van der Waals surface area contributed by atoms with Gasteiger partial charge in [-0.3, -0.25) is 4.18 Å². The average molecular weight is 152 g/mol. The van der Waals surface area contributed by atoms with Gasteiger partial charge in [-0.2, -0.15) is 0 Å². The van der Waals surface area contributed by atoms with Crippen molar-refractivity contribution in [2.75, 3.05) is 27.2 Å². The Labute approximate surface area is 57.3 Å². The van der Waals surface area contributed by atoms with E-state index in [1.54, 1.807) is 0 Å². The lowest BCUT2D eigenvalue weighted by Crippen LogP contribution is -2.18. The van der Waals surface area contributed by atoms with Gasteiger partial charge in [0, 0.05) is 6.54 Å². The smallest absolute Gasteiger partial charge is 0.0842 e. The maximum atomic E-state index is 9.74. The fraction of sp³-hybridized carbons (Fsp3) is 1.00. The summed E-state index contributed by atoms with van der Waals surface area (Å²) in [4.78, 5) is 1.84. The molecule has 0 fully saturated rings. The van der Waals surface area contributed by atoms with Crippen LogP contribution in [0.1, 0.15) is 0 Å². The Hall–Kier alpha value is 0.0300. The van der Waals surface area contributed by atoms with E-state index < -0.39 is 11.4 Å². The molecule has 0 spiro atoms. The first kappa shape index (κ1) is 9.03. The van der Waals surface area contributed by atoms with Crippen LogP contribution in [0.2, 0.25) is 0 Å². The molecule has 56 valence electrons. The minimum absolute atomic E-state index is 0.225. The fourth-order valence-electron chi connectivity index (χ4n) is 0.288. The Morgan fingerprint density at radius 3 is 2.56 bits per heavy atom. The van der Waals surface area contributed by atoms with Crippen molar-refractivity contribution in [1.29, 1.82) is 0 Å². The van der Waals surface area contributed by atoms with E-state index in [-0.39, 0.29) is 6.61 Å². The Morgan fingerprint density at radius 1 is 1.67 bits per heavy atom. The maximum absolute atomic E-state index is 9.74. The van der Waals surface area contributed by atoms with Gasteiger partial charge in [0.1, 0.15) is 0 Å². The van der Waals surface area contributed by atoms with E-state index in [2.05, 4.69) is 4.18 Å². The molecule has 0 saturated carbocycles. The Kier molecular flexibility index (Phi) is 4.88. The minimum Gasteiger partial charge on any atom is -0.750 e. The first-order valence-corrected chi connectivity index (χ1v) is 3.50. The number of rotatable bonds is 4. The highest BCUT2D eigenvalue weighted by Crippen LogP contribution is 1.79. The van der Waals surface area contributed by atoms with Crippen LogP contribution in [0.5, 0.6) is 0 Å². The van der Waals surface area contributed by atoms with Crippen molar-refractivity contribution in [2.24, 2.45) is 0 Å². The molecule has 0 heterocycles. The molecule has 0 saturated heterocycles. The molecule has 0 rings (SSSR count). The molecule has 1 atom stereocenters. The van der Waals surface area contributed by atoms with Gasteiger partial charge < -0.3 is 9.45 Å². The molecule has 0 bridgehead atoms. The van der Waals surface area contributed by atoms with Gasteiger partial charge in [-0.05, 0) is 14.1 Å². The molecule has 0 aromatic heterocycles. The van der Waals surface area contributed by atoms with Crippen molar-refractivity contribution < 1.29 is 12.9 Å². The maximum Gasteiger partial charge on any atom is 0.0842 e. The monoisotopic (exact) mass is 152 g/mol. The molecule has 0 N–H and O–H groups in total. The molecule has 0 amide bonds. The Balaban J connectivity index is 3.01. The van der Waals surface area contributed by atoms with Gasteiger partial charge >= 0.3 is 0 Å². The van der Waals surface area contributed by atoms with Crippen molar-refractivity contribution in [3.05, 3.63) is 0 Å². The zero-order chi connectivity index (χ0) is 7.28. The van der Waals surface area contributed by atoms with E-state index >= 15 is 0 Å². The zero-order valence-electron chi connectivity index (χ0n) is 5.49. The van der Waals surface area contributed by atoms with Gasteiger partial charge in [0.05, 0.1) is 18.0 Å². The summed E-state index contributed by atoms with van der Waals surface area (Å²) in [5.41, 5.74) is 0. The molecule has 1 unspecified atom stereocenters. The summed E-state index contributed by atoms with van der Waals surface area (Å²) in [5, 5.41) is 0. The Bertz CT molecular complexity index is 95.8. The third kappa shape index (κ3) is 8.03. The summed E-state index contributed by atoms with van der Waals surface area (Å²) in [6, 6.07) is 0. The van der Waals surface area contributed by atoms with Gasteiger partial charge in [0.2, 0.25) is 0 Å². The number of likely N-dealkylation sites (N-methyl/N-ethyl adjacent to an activating group) is 1. The highest BCUT2D eigenvalue weighted by atomic mass is 32.2. The predicted molar refractivity (Wildman–Crippen MR) is 33.4 cm³/mol. The summed E-state index contributed by atoms with van der Waals surface area (Å²) in [5.74, 6) is 0. The van der Waals surface area contributed by atoms with Gasteiger partial charge in [-0.1, -0.05) is 0 Å². The molecule has 0 aliphatic carbocycles. The van der Waals surface area contributed by atoms with Gasteiger partial charge in [0.15, 0.2) is 0 Å². The van der Waals surface area contributed by atoms with E-state index in [9.17, 15) is 8.76 Å². The predicted octanol–water partition coefficient (Wildman–Crippen LogP) is -0.641. The first-order chi connectivity index (χ1) is 4.13. The number of hydrogen-bond donors (Lipinski definition) is 0. The largest absolute Gasteiger partial charge is 0.750 e. The van der Waals surface area contributed by atoms with Gasteiger partial charge in [-0.25, -0.2) is 4.21 Å². The lowest BCUT2D eigenvalue weighted by Gasteiger charge is -2.09. The zero-order valence-corrected chi connectivity index (χ0v) is 6.31. The molecule has 0 aliphatic rings. The highest BCUT2D eigenvalue weighted by Gasteiger charge is 1.88. The molecule has 0 aromatic carbocycles. The lowest BCUT2D eigenvalue weighted by molar-refractivity contribution is 0.256. The standard InChI is InChI=1S/C4H11NO3S/c1-5(2)3-4-8-9(6)7/h3-4H2,1-2H3,(H,6,7)/p-1. The van der Waals surface area contributed by atoms with Gasteiger partial charge in [0.25, 0.3) is 0 Å². The van der Waals surface area contributed by atoms with Crippen molar-refractivity contribution in [2.45, 2.75) is 0 Å². The second-order valence-corrected chi connectivity index (χ2v) is 2.47. The van der Waals surface area contributed by atoms with E-state index in [0.717, 1.165) is 0 Å². The van der Waals surface area contributed by atoms with E-state index in [4.69, 9.17) is 0 Å². The van der Waals surface area contributed by atoms with Crippen LogP contribution >= 0.6 is 0 Å². The quantitative estimate of drug-likeness (QED) is 0.503. The van der Waals surface area contributed by atoms with Crippen molar-refractivity contribution in [1.82, 2.24) is 4.90 Å². The van der Waals surface area contributed by atoms with E-state index in [0.29, 0.717) is 6.54 Å². The number of hydrogen-bond acceptors (Lipinski definition) is 4. The molecule has 4 nitrogen and oxygen atoms in total. The van der Waals surface area contributed by atoms with Crippen LogP contribution in [0.15, 0.2) is 0 Å². The molecule has 0 radical (unpaired) electrons. The SMILES string of the molecule is CN(C)CCOS(=O)[O-]. The average Bonchev–Trinajstić information content (AvgIpc) is 1.63. The van der Waals surface area contributed by atoms with Crippen LogP contribution < -0.4 is 0 Å². The normalized spacial score (nSPS) is 14.2. The molecule has 0 aliphatic heterocycles. The third-order valence-electron chi connectivity index (χ3n) is 0.718. The summed E-state index contributed by atoms with van der Waals surface area (Å²) >= 11 is -2.36. The third-order valence-corrected chi connectivity index (χ3v) is 1.08. The van der Waals surface area contributed by atoms with Crippen LogP contribution in [0.3, 0.4) is 0 Å². The summed E-state index contributed by atoms with van der Waals surface area (Å²) in [6.07, 6.45) is 0. The second kappa shape index (κ2) is 4.87. The summed E-state index contributed by atoms with van der Waals surface area (Å²) < 4.78 is 23.7. The molecule has 5 heteroatoms. The highest BCUT2D eigenvalue weighted by molar-refractivity contribution is 7.74. The van der Waals surface area contributed by atoms with Crippen LogP contribution in [0.25, 0.3) is 0 Å². The molecular weight excluding hydrogens is 142 g/mol. The molecule has 0 aromatic rings. The van der Waals surface area contributed by atoms with E-state index in [1.807, 2.05) is 19.0 Å². The van der Waals surface area contributed by atoms with Crippen molar-refractivity contribution >= 4 is 11.4 Å². The number of nitrogens with zero attached hydrogens (tertiary/aromatic N) is 1. The minimum atomic E-state index is -2.36. The van der Waals surface area contributed by atoms with Gasteiger partial charge in [-0.15, -0.1) is 0 Å². The summed E-state index contributed by atoms with van der Waals surface area (Å²) in [7, 11) is 3.69. The van der Waals surface area contributed by atoms with Crippen LogP contribution in [0, 0.1) is 0 Å².